The lowest BCUT2D eigenvalue weighted by Gasteiger charge is -2.08. The van der Waals surface area contributed by atoms with Gasteiger partial charge in [0.05, 0.1) is 10.6 Å². The van der Waals surface area contributed by atoms with Crippen molar-refractivity contribution in [1.82, 2.24) is 9.97 Å². The number of benzene rings is 1. The molecule has 2 heterocycles. The zero-order chi connectivity index (χ0) is 17.3. The average molecular weight is 295 g/mol. The number of non-ortho nitro benzene ring substituents is 1. The molecule has 0 saturated carbocycles. The normalized spacial score (nSPS) is 12.6. The number of H-pyrrole nitrogens is 1. The van der Waals surface area contributed by atoms with E-state index >= 15 is 0 Å². The van der Waals surface area contributed by atoms with Gasteiger partial charge in [0.25, 0.3) is 5.69 Å². The third kappa shape index (κ3) is 2.88. The van der Waals surface area contributed by atoms with Crippen molar-refractivity contribution in [3.63, 3.8) is 0 Å². The highest BCUT2D eigenvalue weighted by molar-refractivity contribution is 5.65. The van der Waals surface area contributed by atoms with Crippen LogP contribution in [0.4, 0.5) is 5.69 Å². The molecule has 1 aromatic carbocycles. The van der Waals surface area contributed by atoms with Crippen LogP contribution in [0.15, 0.2) is 54.9 Å². The Labute approximate surface area is 130 Å². The van der Waals surface area contributed by atoms with Crippen LogP contribution in [0.25, 0.3) is 11.3 Å². The van der Waals surface area contributed by atoms with Crippen molar-refractivity contribution in [2.75, 3.05) is 0 Å². The fraction of sp³-hybridized carbons (Fsp3) is 0.118. The summed E-state index contributed by atoms with van der Waals surface area (Å²) in [5.74, 6) is 0. The molecule has 0 bridgehead atoms. The molecule has 22 heavy (non-hydrogen) atoms. The van der Waals surface area contributed by atoms with Gasteiger partial charge >= 0.3 is 0 Å². The molecule has 5 nitrogen and oxygen atoms in total. The number of rotatable bonds is 4. The average Bonchev–Trinajstić information content (AvgIpc) is 3.10. The molecule has 0 amide bonds. The lowest BCUT2D eigenvalue weighted by atomic mass is 10.0. The highest BCUT2D eigenvalue weighted by Crippen LogP contribution is 2.25. The molecule has 0 aliphatic carbocycles. The third-order valence-electron chi connectivity index (χ3n) is 3.30. The van der Waals surface area contributed by atoms with Crippen LogP contribution < -0.4 is 0 Å². The van der Waals surface area contributed by atoms with Crippen LogP contribution in [0.2, 0.25) is 0 Å². The van der Waals surface area contributed by atoms with E-state index in [-0.39, 0.29) is 11.4 Å². The lowest BCUT2D eigenvalue weighted by molar-refractivity contribution is -0.384. The van der Waals surface area contributed by atoms with Crippen LogP contribution in [-0.4, -0.2) is 14.9 Å². The monoisotopic (exact) mass is 295 g/mol. The predicted octanol–water partition coefficient (Wildman–Crippen LogP) is 3.88. The summed E-state index contributed by atoms with van der Waals surface area (Å²) in [6, 6.07) is 11.3. The molecule has 3 rings (SSSR count). The van der Waals surface area contributed by atoms with E-state index in [0.29, 0.717) is 16.8 Å². The number of hydrogen-bond donors (Lipinski definition) is 1. The Bertz CT molecular complexity index is 893. The summed E-state index contributed by atoms with van der Waals surface area (Å²) in [5, 5.41) is 11.0. The van der Waals surface area contributed by atoms with Crippen LogP contribution in [-0.2, 0) is 6.37 Å². The Morgan fingerprint density at radius 3 is 2.91 bits per heavy atom. The van der Waals surface area contributed by atoms with Crippen LogP contribution in [0.1, 0.15) is 19.6 Å². The van der Waals surface area contributed by atoms with Gasteiger partial charge in [-0.05, 0) is 30.2 Å². The molecule has 0 fully saturated rings. The predicted molar refractivity (Wildman–Crippen MR) is 84.7 cm³/mol. The van der Waals surface area contributed by atoms with Gasteiger partial charge in [-0.3, -0.25) is 15.1 Å². The Kier molecular flexibility index (Phi) is 3.09. The maximum atomic E-state index is 11.0. The Hall–Kier alpha value is -2.95. The zero-order valence-electron chi connectivity index (χ0n) is 13.9. The number of nitro benzene ring substituents is 1. The molecule has 2 aromatic heterocycles. The summed E-state index contributed by atoms with van der Waals surface area (Å²) in [7, 11) is 0. The minimum atomic E-state index is -1.76. The van der Waals surface area contributed by atoms with Gasteiger partial charge in [0, 0.05) is 44.9 Å². The summed E-state index contributed by atoms with van der Waals surface area (Å²) in [6.45, 7) is 1.84. The molecule has 0 radical (unpaired) electrons. The molecule has 3 aromatic rings. The van der Waals surface area contributed by atoms with Gasteiger partial charge in [-0.2, -0.15) is 0 Å². The van der Waals surface area contributed by atoms with Crippen molar-refractivity contribution < 1.29 is 7.66 Å². The quantitative estimate of drug-likeness (QED) is 0.586. The Morgan fingerprint density at radius 2 is 2.18 bits per heavy atom. The number of nitrogens with zero attached hydrogens (tertiary/aromatic N) is 2. The Balaban J connectivity index is 2.10. The number of nitrogens with one attached hydrogen (secondary N) is 1. The maximum Gasteiger partial charge on any atom is 0.270 e. The molecular weight excluding hydrogens is 278 g/mol. The van der Waals surface area contributed by atoms with Gasteiger partial charge in [0.2, 0.25) is 0 Å². The molecule has 1 N–H and O–H groups in total. The van der Waals surface area contributed by atoms with E-state index < -0.39 is 11.3 Å². The van der Waals surface area contributed by atoms with Crippen LogP contribution in [0.3, 0.4) is 0 Å². The number of hydrogen-bond acceptors (Lipinski definition) is 3. The second kappa shape index (κ2) is 5.81. The van der Waals surface area contributed by atoms with E-state index in [9.17, 15) is 10.1 Å². The highest BCUT2D eigenvalue weighted by atomic mass is 16.6. The number of pyridine rings is 1. The summed E-state index contributed by atoms with van der Waals surface area (Å²) >= 11 is 0. The Morgan fingerprint density at radius 1 is 1.32 bits per heavy atom. The minimum absolute atomic E-state index is 0.0206. The second-order valence-corrected chi connectivity index (χ2v) is 4.89. The largest absolute Gasteiger partial charge is 0.367 e. The fourth-order valence-electron chi connectivity index (χ4n) is 2.21. The van der Waals surface area contributed by atoms with E-state index in [0.717, 1.165) is 5.56 Å². The first kappa shape index (κ1) is 11.7. The molecule has 0 spiro atoms. The van der Waals surface area contributed by atoms with Crippen molar-refractivity contribution in [1.29, 1.82) is 0 Å². The molecule has 0 aliphatic heterocycles. The van der Waals surface area contributed by atoms with E-state index in [1.807, 2.05) is 6.92 Å². The van der Waals surface area contributed by atoms with Crippen molar-refractivity contribution in [2.45, 2.75) is 13.3 Å². The zero-order valence-corrected chi connectivity index (χ0v) is 11.9. The van der Waals surface area contributed by atoms with E-state index in [1.165, 1.54) is 12.1 Å². The van der Waals surface area contributed by atoms with Crippen LogP contribution in [0, 0.1) is 17.0 Å². The summed E-state index contributed by atoms with van der Waals surface area (Å²) in [6.07, 6.45) is 1.49. The molecule has 110 valence electrons. The van der Waals surface area contributed by atoms with Gasteiger partial charge in [0.1, 0.15) is 0 Å². The number of aromatic nitrogens is 2. The van der Waals surface area contributed by atoms with Crippen molar-refractivity contribution >= 4 is 5.69 Å². The number of aromatic amines is 1. The van der Waals surface area contributed by atoms with E-state index in [1.54, 1.807) is 42.7 Å². The SMILES string of the molecule is [2H]C([2H])(c1cc[nH]c1)c1ccc(C)c(-c2cccc([N+](=O)[O-])c2)n1. The van der Waals surface area contributed by atoms with Crippen LogP contribution in [0.5, 0.6) is 0 Å². The minimum Gasteiger partial charge on any atom is -0.367 e. The fourth-order valence-corrected chi connectivity index (χ4v) is 2.21. The van der Waals surface area contributed by atoms with Crippen molar-refractivity contribution in [3.05, 3.63) is 81.8 Å². The number of aryl methyl sites for hydroxylation is 1. The third-order valence-corrected chi connectivity index (χ3v) is 3.30. The summed E-state index contributed by atoms with van der Waals surface area (Å²) in [4.78, 5) is 17.8. The summed E-state index contributed by atoms with van der Waals surface area (Å²) in [5.41, 5.74) is 2.67. The topological polar surface area (TPSA) is 71.8 Å². The van der Waals surface area contributed by atoms with Gasteiger partial charge in [-0.25, -0.2) is 0 Å². The first-order valence-corrected chi connectivity index (χ1v) is 6.76. The standard InChI is InChI=1S/C17H15N3O2/c1-12-5-6-15(9-13-7-8-18-11-13)19-17(12)14-3-2-4-16(10-14)20(21)22/h2-8,10-11,18H,9H2,1H3/i9D2. The highest BCUT2D eigenvalue weighted by Gasteiger charge is 2.11. The molecular formula is C17H15N3O2. The van der Waals surface area contributed by atoms with Crippen molar-refractivity contribution in [2.24, 2.45) is 0 Å². The van der Waals surface area contributed by atoms with E-state index in [4.69, 9.17) is 2.74 Å². The maximum absolute atomic E-state index is 11.0. The second-order valence-electron chi connectivity index (χ2n) is 4.89. The molecule has 5 heteroatoms. The smallest absolute Gasteiger partial charge is 0.270 e. The lowest BCUT2D eigenvalue weighted by Crippen LogP contribution is -1.96. The number of nitro groups is 1. The van der Waals surface area contributed by atoms with Gasteiger partial charge in [0.15, 0.2) is 0 Å². The molecule has 0 atom stereocenters. The molecule has 0 saturated heterocycles. The van der Waals surface area contributed by atoms with Crippen molar-refractivity contribution in [3.8, 4) is 11.3 Å². The van der Waals surface area contributed by atoms with Gasteiger partial charge in [-0.15, -0.1) is 0 Å². The molecule has 0 aliphatic rings. The molecule has 0 unspecified atom stereocenters. The summed E-state index contributed by atoms with van der Waals surface area (Å²) < 4.78 is 16.7. The van der Waals surface area contributed by atoms with Gasteiger partial charge < -0.3 is 4.98 Å². The van der Waals surface area contributed by atoms with Crippen LogP contribution >= 0.6 is 0 Å². The first-order valence-electron chi connectivity index (χ1n) is 7.76. The van der Waals surface area contributed by atoms with E-state index in [2.05, 4.69) is 9.97 Å². The van der Waals surface area contributed by atoms with Gasteiger partial charge in [-0.1, -0.05) is 18.2 Å². The first-order chi connectivity index (χ1) is 11.4.